The van der Waals surface area contributed by atoms with Gasteiger partial charge in [-0.3, -0.25) is 0 Å². The number of benzene rings is 1. The van der Waals surface area contributed by atoms with Crippen molar-refractivity contribution in [1.29, 1.82) is 0 Å². The predicted molar refractivity (Wildman–Crippen MR) is 76.7 cm³/mol. The minimum atomic E-state index is 0.336. The molecule has 1 atom stereocenters. The van der Waals surface area contributed by atoms with Gasteiger partial charge in [-0.15, -0.1) is 0 Å². The van der Waals surface area contributed by atoms with Crippen LogP contribution in [0.4, 0.5) is 0 Å². The van der Waals surface area contributed by atoms with Crippen molar-refractivity contribution >= 4 is 0 Å². The van der Waals surface area contributed by atoms with Crippen LogP contribution in [0.5, 0.6) is 0 Å². The molecule has 0 bridgehead atoms. The maximum absolute atomic E-state index is 3.85. The Hall–Kier alpha value is -1.08. The number of hydrogen-bond acceptors (Lipinski definition) is 1. The van der Waals surface area contributed by atoms with Gasteiger partial charge in [-0.1, -0.05) is 50.3 Å². The molecule has 1 aromatic carbocycles. The Kier molecular flexibility index (Phi) is 3.03. The summed E-state index contributed by atoms with van der Waals surface area (Å²) in [5.74, 6) is 0. The molecule has 2 aliphatic carbocycles. The lowest BCUT2D eigenvalue weighted by atomic mass is 9.71. The van der Waals surface area contributed by atoms with E-state index in [1.54, 1.807) is 5.56 Å². The van der Waals surface area contributed by atoms with Gasteiger partial charge in [0.2, 0.25) is 0 Å². The summed E-state index contributed by atoms with van der Waals surface area (Å²) in [5, 5.41) is 3.85. The van der Waals surface area contributed by atoms with Crippen molar-refractivity contribution < 1.29 is 0 Å². The molecule has 0 saturated heterocycles. The largest absolute Gasteiger partial charge is 0.307 e. The molecule has 0 aromatic heterocycles. The first-order valence-electron chi connectivity index (χ1n) is 7.17. The average Bonchev–Trinajstić information content (AvgIpc) is 2.86. The molecule has 1 heteroatoms. The molecule has 0 spiro atoms. The number of nitrogens with one attached hydrogen (secondary N) is 1. The van der Waals surface area contributed by atoms with Gasteiger partial charge in [-0.25, -0.2) is 0 Å². The van der Waals surface area contributed by atoms with Gasteiger partial charge in [0.25, 0.3) is 0 Å². The minimum absolute atomic E-state index is 0.336. The van der Waals surface area contributed by atoms with Crippen molar-refractivity contribution in [2.75, 3.05) is 0 Å². The summed E-state index contributed by atoms with van der Waals surface area (Å²) in [4.78, 5) is 0. The first kappa shape index (κ1) is 12.0. The zero-order chi connectivity index (χ0) is 12.6. The lowest BCUT2D eigenvalue weighted by Crippen LogP contribution is -2.37. The van der Waals surface area contributed by atoms with Gasteiger partial charge in [-0.2, -0.15) is 0 Å². The number of hydrogen-bond donors (Lipinski definition) is 1. The van der Waals surface area contributed by atoms with Gasteiger partial charge in [0.05, 0.1) is 0 Å². The number of fused-ring (bicyclic) bond motifs is 1. The van der Waals surface area contributed by atoms with Crippen LogP contribution in [-0.4, -0.2) is 6.04 Å². The molecule has 0 saturated carbocycles. The maximum Gasteiger partial charge on any atom is 0.0326 e. The molecule has 3 rings (SSSR count). The van der Waals surface area contributed by atoms with E-state index in [1.807, 2.05) is 0 Å². The van der Waals surface area contributed by atoms with E-state index in [-0.39, 0.29) is 0 Å². The van der Waals surface area contributed by atoms with E-state index in [0.717, 1.165) is 0 Å². The SMILES string of the molecule is CC1(C)CCC(NC2CC=CC2)c2ccccc21. The molecule has 2 aliphatic rings. The third kappa shape index (κ3) is 2.12. The van der Waals surface area contributed by atoms with Crippen LogP contribution in [0, 0.1) is 0 Å². The number of rotatable bonds is 2. The average molecular weight is 241 g/mol. The normalized spacial score (nSPS) is 26.2. The summed E-state index contributed by atoms with van der Waals surface area (Å²) in [6.07, 6.45) is 9.54. The summed E-state index contributed by atoms with van der Waals surface area (Å²) >= 11 is 0. The molecule has 0 fully saturated rings. The molecule has 0 amide bonds. The Morgan fingerprint density at radius 3 is 2.61 bits per heavy atom. The van der Waals surface area contributed by atoms with Crippen LogP contribution in [0.1, 0.15) is 56.7 Å². The molecular weight excluding hydrogens is 218 g/mol. The highest BCUT2D eigenvalue weighted by molar-refractivity contribution is 5.38. The predicted octanol–water partition coefficient (Wildman–Crippen LogP) is 4.11. The molecular formula is C17H23N. The van der Waals surface area contributed by atoms with Crippen LogP contribution in [0.3, 0.4) is 0 Å². The monoisotopic (exact) mass is 241 g/mol. The lowest BCUT2D eigenvalue weighted by Gasteiger charge is -2.38. The Bertz CT molecular complexity index is 450. The maximum atomic E-state index is 3.85. The van der Waals surface area contributed by atoms with E-state index < -0.39 is 0 Å². The first-order valence-corrected chi connectivity index (χ1v) is 7.17. The Balaban J connectivity index is 1.85. The fourth-order valence-corrected chi connectivity index (χ4v) is 3.42. The topological polar surface area (TPSA) is 12.0 Å². The highest BCUT2D eigenvalue weighted by Gasteiger charge is 2.32. The van der Waals surface area contributed by atoms with Gasteiger partial charge in [-0.05, 0) is 42.2 Å². The molecule has 0 aliphatic heterocycles. The van der Waals surface area contributed by atoms with Crippen molar-refractivity contribution in [3.05, 3.63) is 47.5 Å². The van der Waals surface area contributed by atoms with Crippen LogP contribution < -0.4 is 5.32 Å². The van der Waals surface area contributed by atoms with Gasteiger partial charge < -0.3 is 5.32 Å². The lowest BCUT2D eigenvalue weighted by molar-refractivity contribution is 0.335. The van der Waals surface area contributed by atoms with Crippen LogP contribution in [-0.2, 0) is 5.41 Å². The summed E-state index contributed by atoms with van der Waals surface area (Å²) in [6, 6.07) is 10.2. The fraction of sp³-hybridized carbons (Fsp3) is 0.529. The Morgan fingerprint density at radius 1 is 1.11 bits per heavy atom. The third-order valence-corrected chi connectivity index (χ3v) is 4.57. The van der Waals surface area contributed by atoms with E-state index in [0.29, 0.717) is 17.5 Å². The highest BCUT2D eigenvalue weighted by Crippen LogP contribution is 2.41. The highest BCUT2D eigenvalue weighted by atomic mass is 15.0. The second-order valence-corrected chi connectivity index (χ2v) is 6.37. The summed E-state index contributed by atoms with van der Waals surface area (Å²) < 4.78 is 0. The third-order valence-electron chi connectivity index (χ3n) is 4.57. The first-order chi connectivity index (χ1) is 8.67. The molecule has 1 aromatic rings. The van der Waals surface area contributed by atoms with E-state index in [2.05, 4.69) is 55.6 Å². The van der Waals surface area contributed by atoms with Gasteiger partial charge in [0.15, 0.2) is 0 Å². The van der Waals surface area contributed by atoms with E-state index in [9.17, 15) is 0 Å². The molecule has 0 heterocycles. The van der Waals surface area contributed by atoms with Crippen molar-refractivity contribution in [3.8, 4) is 0 Å². The van der Waals surface area contributed by atoms with Crippen molar-refractivity contribution in [2.45, 2.75) is 57.0 Å². The molecule has 96 valence electrons. The van der Waals surface area contributed by atoms with Crippen LogP contribution in [0.2, 0.25) is 0 Å². The van der Waals surface area contributed by atoms with Gasteiger partial charge in [0.1, 0.15) is 0 Å². The van der Waals surface area contributed by atoms with E-state index in [1.165, 1.54) is 31.2 Å². The molecule has 18 heavy (non-hydrogen) atoms. The van der Waals surface area contributed by atoms with Crippen molar-refractivity contribution in [2.24, 2.45) is 0 Å². The van der Waals surface area contributed by atoms with Crippen molar-refractivity contribution in [1.82, 2.24) is 5.32 Å². The molecule has 1 nitrogen and oxygen atoms in total. The van der Waals surface area contributed by atoms with E-state index in [4.69, 9.17) is 0 Å². The van der Waals surface area contributed by atoms with Crippen LogP contribution >= 0.6 is 0 Å². The summed E-state index contributed by atoms with van der Waals surface area (Å²) in [5.41, 5.74) is 3.41. The zero-order valence-corrected chi connectivity index (χ0v) is 11.4. The Morgan fingerprint density at radius 2 is 1.83 bits per heavy atom. The minimum Gasteiger partial charge on any atom is -0.307 e. The summed E-state index contributed by atoms with van der Waals surface area (Å²) in [6.45, 7) is 4.75. The van der Waals surface area contributed by atoms with Crippen LogP contribution in [0.15, 0.2) is 36.4 Å². The quantitative estimate of drug-likeness (QED) is 0.768. The summed E-state index contributed by atoms with van der Waals surface area (Å²) in [7, 11) is 0. The second kappa shape index (κ2) is 4.55. The van der Waals surface area contributed by atoms with Crippen molar-refractivity contribution in [3.63, 3.8) is 0 Å². The second-order valence-electron chi connectivity index (χ2n) is 6.37. The molecule has 0 radical (unpaired) electrons. The Labute approximate surface area is 110 Å². The van der Waals surface area contributed by atoms with Gasteiger partial charge >= 0.3 is 0 Å². The van der Waals surface area contributed by atoms with Gasteiger partial charge in [0, 0.05) is 12.1 Å². The van der Waals surface area contributed by atoms with Crippen LogP contribution in [0.25, 0.3) is 0 Å². The molecule has 1 N–H and O–H groups in total. The molecule has 1 unspecified atom stereocenters. The van der Waals surface area contributed by atoms with E-state index >= 15 is 0 Å². The standard InChI is InChI=1S/C17H23N/c1-17(2)12-11-16(18-13-7-3-4-8-13)14-9-5-6-10-15(14)17/h3-6,9-10,13,16,18H,7-8,11-12H2,1-2H3. The zero-order valence-electron chi connectivity index (χ0n) is 11.4. The smallest absolute Gasteiger partial charge is 0.0326 e. The fourth-order valence-electron chi connectivity index (χ4n) is 3.42.